The molecule has 2 aromatic heterocycles. The van der Waals surface area contributed by atoms with Crippen LogP contribution in [-0.4, -0.2) is 23.8 Å². The molecule has 0 atom stereocenters. The molecule has 2 aromatic rings. The van der Waals surface area contributed by atoms with Crippen molar-refractivity contribution in [3.8, 4) is 0 Å². The third-order valence-electron chi connectivity index (χ3n) is 4.16. The van der Waals surface area contributed by atoms with Crippen LogP contribution >= 0.6 is 11.3 Å². The average Bonchev–Trinajstić information content (AvgIpc) is 2.91. The monoisotopic (exact) mass is 328 g/mol. The van der Waals surface area contributed by atoms with E-state index >= 15 is 0 Å². The summed E-state index contributed by atoms with van der Waals surface area (Å²) in [5, 5.41) is 1.85. The molecule has 0 spiro atoms. The highest BCUT2D eigenvalue weighted by molar-refractivity contribution is 7.89. The van der Waals surface area contributed by atoms with Gasteiger partial charge in [0, 0.05) is 17.6 Å². The molecule has 21 heavy (non-hydrogen) atoms. The Kier molecular flexibility index (Phi) is 3.50. The lowest BCUT2D eigenvalue weighted by molar-refractivity contribution is 0.218. The van der Waals surface area contributed by atoms with Crippen LogP contribution in [0.2, 0.25) is 0 Å². The van der Waals surface area contributed by atoms with Gasteiger partial charge in [-0.2, -0.15) is 0 Å². The first kappa shape index (κ1) is 14.8. The van der Waals surface area contributed by atoms with E-state index in [-0.39, 0.29) is 16.9 Å². The predicted molar refractivity (Wildman–Crippen MR) is 83.8 cm³/mol. The van der Waals surface area contributed by atoms with Gasteiger partial charge in [0.25, 0.3) is 10.0 Å². The third-order valence-corrected chi connectivity index (χ3v) is 6.47. The normalized spacial score (nSPS) is 20.1. The molecule has 0 unspecified atom stereocenters. The molecule has 8 heteroatoms. The van der Waals surface area contributed by atoms with E-state index in [0.29, 0.717) is 10.4 Å². The van der Waals surface area contributed by atoms with Crippen LogP contribution in [0.15, 0.2) is 16.6 Å². The number of aromatic nitrogens is 2. The minimum absolute atomic E-state index is 0.0217. The van der Waals surface area contributed by atoms with Gasteiger partial charge < -0.3 is 5.73 Å². The number of nitrogens with two attached hydrogens (primary N) is 1. The first-order valence-corrected chi connectivity index (χ1v) is 9.38. The topological polar surface area (TPSA) is 89.5 Å². The number of fused-ring (bicyclic) bond motifs is 1. The molecule has 1 fully saturated rings. The molecule has 116 valence electrons. The Morgan fingerprint density at radius 1 is 1.43 bits per heavy atom. The summed E-state index contributed by atoms with van der Waals surface area (Å²) < 4.78 is 29.5. The van der Waals surface area contributed by atoms with Gasteiger partial charge in [-0.25, -0.2) is 18.1 Å². The summed E-state index contributed by atoms with van der Waals surface area (Å²) in [5.41, 5.74) is 6.09. The molecule has 1 saturated carbocycles. The van der Waals surface area contributed by atoms with Gasteiger partial charge in [-0.15, -0.1) is 11.3 Å². The third kappa shape index (κ3) is 2.79. The van der Waals surface area contributed by atoms with Crippen LogP contribution in [-0.2, 0) is 10.0 Å². The fraction of sp³-hybridized carbons (Fsp3) is 0.615. The molecule has 0 aliphatic heterocycles. The number of sulfonamides is 1. The van der Waals surface area contributed by atoms with Crippen LogP contribution in [0.5, 0.6) is 0 Å². The van der Waals surface area contributed by atoms with E-state index in [1.54, 1.807) is 11.6 Å². The lowest BCUT2D eigenvalue weighted by atomic mass is 9.76. The number of hydrogen-bond acceptors (Lipinski definition) is 5. The largest absolute Gasteiger partial charge is 0.381 e. The van der Waals surface area contributed by atoms with Gasteiger partial charge in [0.15, 0.2) is 15.8 Å². The number of rotatable bonds is 3. The number of imidazole rings is 1. The lowest BCUT2D eigenvalue weighted by Crippen LogP contribution is -2.39. The van der Waals surface area contributed by atoms with Gasteiger partial charge >= 0.3 is 0 Å². The van der Waals surface area contributed by atoms with E-state index in [0.717, 1.165) is 25.7 Å². The lowest BCUT2D eigenvalue weighted by Gasteiger charge is -2.34. The van der Waals surface area contributed by atoms with E-state index < -0.39 is 10.0 Å². The summed E-state index contributed by atoms with van der Waals surface area (Å²) in [6.45, 7) is 4.45. The van der Waals surface area contributed by atoms with Crippen molar-refractivity contribution in [3.63, 3.8) is 0 Å². The molecular weight excluding hydrogens is 308 g/mol. The Morgan fingerprint density at radius 2 is 2.10 bits per heavy atom. The Hall–Kier alpha value is -1.12. The molecule has 0 bridgehead atoms. The molecule has 0 amide bonds. The van der Waals surface area contributed by atoms with Gasteiger partial charge in [0.2, 0.25) is 0 Å². The Balaban J connectivity index is 1.84. The van der Waals surface area contributed by atoms with Crippen molar-refractivity contribution in [3.05, 3.63) is 11.6 Å². The van der Waals surface area contributed by atoms with Crippen LogP contribution in [0.4, 0.5) is 5.82 Å². The number of hydrogen-bond donors (Lipinski definition) is 2. The fourth-order valence-corrected chi connectivity index (χ4v) is 5.13. The predicted octanol–water partition coefficient (Wildman–Crippen LogP) is 2.23. The maximum absolute atomic E-state index is 12.6. The van der Waals surface area contributed by atoms with Crippen molar-refractivity contribution in [2.45, 2.75) is 50.6 Å². The van der Waals surface area contributed by atoms with Crippen molar-refractivity contribution in [1.29, 1.82) is 0 Å². The Bertz CT molecular complexity index is 750. The molecule has 3 N–H and O–H groups in total. The van der Waals surface area contributed by atoms with Gasteiger partial charge in [0.05, 0.1) is 0 Å². The smallest absolute Gasteiger partial charge is 0.260 e. The molecule has 1 aliphatic rings. The second-order valence-electron chi connectivity index (χ2n) is 6.42. The first-order valence-electron chi connectivity index (χ1n) is 7.02. The highest BCUT2D eigenvalue weighted by Gasteiger charge is 2.32. The molecule has 0 saturated heterocycles. The van der Waals surface area contributed by atoms with E-state index in [9.17, 15) is 8.42 Å². The second kappa shape index (κ2) is 4.96. The second-order valence-corrected chi connectivity index (χ2v) is 8.92. The summed E-state index contributed by atoms with van der Waals surface area (Å²) in [4.78, 5) is 4.69. The zero-order chi connectivity index (χ0) is 15.3. The summed E-state index contributed by atoms with van der Waals surface area (Å²) >= 11 is 1.36. The number of nitrogen functional groups attached to an aromatic ring is 1. The van der Waals surface area contributed by atoms with E-state index in [1.807, 2.05) is 0 Å². The SMILES string of the molecule is CC1(C)CCC(NS(=O)(=O)c2c(N)nc3sccn23)CC1. The summed E-state index contributed by atoms with van der Waals surface area (Å²) in [6, 6.07) is -0.0217. The molecule has 6 nitrogen and oxygen atoms in total. The molecule has 1 aliphatic carbocycles. The maximum Gasteiger partial charge on any atom is 0.260 e. The molecule has 0 radical (unpaired) electrons. The van der Waals surface area contributed by atoms with Gasteiger partial charge in [-0.1, -0.05) is 13.8 Å². The standard InChI is InChI=1S/C13H20N4O2S2/c1-13(2)5-3-9(4-6-13)16-21(18,19)11-10(14)15-12-17(11)7-8-20-12/h7-9,16H,3-6,14H2,1-2H3. The molecular formula is C13H20N4O2S2. The van der Waals surface area contributed by atoms with Crippen LogP contribution in [0.1, 0.15) is 39.5 Å². The van der Waals surface area contributed by atoms with Gasteiger partial charge in [0.1, 0.15) is 0 Å². The van der Waals surface area contributed by atoms with Gasteiger partial charge in [-0.05, 0) is 31.1 Å². The zero-order valence-electron chi connectivity index (χ0n) is 12.2. The van der Waals surface area contributed by atoms with Crippen molar-refractivity contribution in [2.75, 3.05) is 5.73 Å². The highest BCUT2D eigenvalue weighted by Crippen LogP contribution is 2.35. The van der Waals surface area contributed by atoms with Crippen LogP contribution in [0, 0.1) is 5.41 Å². The number of nitrogens with one attached hydrogen (secondary N) is 1. The molecule has 2 heterocycles. The van der Waals surface area contributed by atoms with Crippen LogP contribution in [0.25, 0.3) is 4.96 Å². The quantitative estimate of drug-likeness (QED) is 0.904. The van der Waals surface area contributed by atoms with Crippen LogP contribution < -0.4 is 10.5 Å². The van der Waals surface area contributed by atoms with Crippen molar-refractivity contribution in [2.24, 2.45) is 5.41 Å². The number of thiazole rings is 1. The summed E-state index contributed by atoms with van der Waals surface area (Å²) in [7, 11) is -3.65. The van der Waals surface area contributed by atoms with Crippen molar-refractivity contribution < 1.29 is 8.42 Å². The first-order chi connectivity index (χ1) is 9.78. The average molecular weight is 328 g/mol. The summed E-state index contributed by atoms with van der Waals surface area (Å²) in [5.74, 6) is 0.0606. The number of nitrogens with zero attached hydrogens (tertiary/aromatic N) is 2. The minimum atomic E-state index is -3.65. The van der Waals surface area contributed by atoms with Crippen molar-refractivity contribution >= 4 is 32.1 Å². The fourth-order valence-electron chi connectivity index (χ4n) is 2.84. The van der Waals surface area contributed by atoms with E-state index in [4.69, 9.17) is 5.73 Å². The Morgan fingerprint density at radius 3 is 2.76 bits per heavy atom. The Labute approximate surface area is 128 Å². The molecule has 3 rings (SSSR count). The number of anilines is 1. The van der Waals surface area contributed by atoms with E-state index in [2.05, 4.69) is 23.6 Å². The molecule has 0 aromatic carbocycles. The van der Waals surface area contributed by atoms with Gasteiger partial charge in [-0.3, -0.25) is 4.40 Å². The van der Waals surface area contributed by atoms with Crippen LogP contribution in [0.3, 0.4) is 0 Å². The highest BCUT2D eigenvalue weighted by atomic mass is 32.2. The van der Waals surface area contributed by atoms with E-state index in [1.165, 1.54) is 15.7 Å². The maximum atomic E-state index is 12.6. The van der Waals surface area contributed by atoms with Crippen molar-refractivity contribution in [1.82, 2.24) is 14.1 Å². The summed E-state index contributed by atoms with van der Waals surface area (Å²) in [6.07, 6.45) is 5.45. The zero-order valence-corrected chi connectivity index (χ0v) is 13.8. The minimum Gasteiger partial charge on any atom is -0.381 e.